The van der Waals surface area contributed by atoms with Gasteiger partial charge in [0.05, 0.1) is 5.56 Å². The number of rotatable bonds is 2. The van der Waals surface area contributed by atoms with Crippen molar-refractivity contribution in [1.82, 2.24) is 4.90 Å². The van der Waals surface area contributed by atoms with Crippen LogP contribution in [-0.2, 0) is 15.1 Å². The van der Waals surface area contributed by atoms with E-state index in [1.807, 2.05) is 18.2 Å². The third kappa shape index (κ3) is 3.07. The predicted molar refractivity (Wildman–Crippen MR) is 96.4 cm³/mol. The largest absolute Gasteiger partial charge is 0.450 e. The first kappa shape index (κ1) is 17.3. The number of piperidine rings is 1. The zero-order chi connectivity index (χ0) is 19.0. The van der Waals surface area contributed by atoms with Gasteiger partial charge in [-0.1, -0.05) is 18.2 Å². The number of hydrogen-bond acceptors (Lipinski definition) is 5. The molecule has 2 aromatic rings. The molecule has 2 aromatic carbocycles. The molecule has 0 aliphatic carbocycles. The Hall–Kier alpha value is -3.15. The van der Waals surface area contributed by atoms with Crippen LogP contribution in [0.4, 0.5) is 0 Å². The molecule has 1 spiro atoms. The lowest BCUT2D eigenvalue weighted by atomic mass is 9.83. The molecule has 4 rings (SSSR count). The lowest BCUT2D eigenvalue weighted by molar-refractivity contribution is -0.131. The maximum absolute atomic E-state index is 12.8. The predicted octanol–water partition coefficient (Wildman–Crippen LogP) is 2.91. The van der Waals surface area contributed by atoms with Gasteiger partial charge in [0.2, 0.25) is 0 Å². The van der Waals surface area contributed by atoms with Crippen LogP contribution in [0.2, 0.25) is 0 Å². The first-order chi connectivity index (χ1) is 13.0. The lowest BCUT2D eigenvalue weighted by Gasteiger charge is -2.38. The molecule has 0 unspecified atom stereocenters. The maximum atomic E-state index is 12.8. The molecule has 138 valence electrons. The quantitative estimate of drug-likeness (QED) is 0.604. The highest BCUT2D eigenvalue weighted by Gasteiger charge is 2.47. The fraction of sp³-hybridized carbons (Fsp3) is 0.286. The van der Waals surface area contributed by atoms with E-state index in [-0.39, 0.29) is 11.9 Å². The SMILES string of the molecule is CC(=O)Oc1ccc(C(=O)N2CCC3(CC2)OC(=O)c2ccccc23)cc1. The Kier molecular flexibility index (Phi) is 4.18. The first-order valence-electron chi connectivity index (χ1n) is 8.89. The van der Waals surface area contributed by atoms with Gasteiger partial charge in [0.15, 0.2) is 0 Å². The number of ether oxygens (including phenoxy) is 2. The van der Waals surface area contributed by atoms with Crippen molar-refractivity contribution in [3.8, 4) is 5.75 Å². The van der Waals surface area contributed by atoms with E-state index in [1.54, 1.807) is 35.2 Å². The molecule has 6 heteroatoms. The van der Waals surface area contributed by atoms with Gasteiger partial charge in [-0.05, 0) is 30.3 Å². The van der Waals surface area contributed by atoms with E-state index in [0.717, 1.165) is 5.56 Å². The highest BCUT2D eigenvalue weighted by molar-refractivity contribution is 5.96. The molecule has 27 heavy (non-hydrogen) atoms. The Balaban J connectivity index is 1.46. The number of fused-ring (bicyclic) bond motifs is 2. The number of hydrogen-bond donors (Lipinski definition) is 0. The fourth-order valence-electron chi connectivity index (χ4n) is 3.80. The Labute approximate surface area is 156 Å². The second-order valence-electron chi connectivity index (χ2n) is 6.84. The van der Waals surface area contributed by atoms with E-state index in [2.05, 4.69) is 0 Å². The number of carbonyl (C=O) groups is 3. The van der Waals surface area contributed by atoms with Crippen LogP contribution in [-0.4, -0.2) is 35.8 Å². The van der Waals surface area contributed by atoms with E-state index in [9.17, 15) is 14.4 Å². The minimum atomic E-state index is -0.621. The van der Waals surface area contributed by atoms with Crippen LogP contribution in [0.5, 0.6) is 5.75 Å². The van der Waals surface area contributed by atoms with Crippen molar-refractivity contribution in [2.45, 2.75) is 25.4 Å². The highest BCUT2D eigenvalue weighted by Crippen LogP contribution is 2.44. The molecule has 0 atom stereocenters. The molecule has 6 nitrogen and oxygen atoms in total. The van der Waals surface area contributed by atoms with E-state index in [1.165, 1.54) is 6.92 Å². The molecule has 0 aromatic heterocycles. The summed E-state index contributed by atoms with van der Waals surface area (Å²) in [4.78, 5) is 37.6. The lowest BCUT2D eigenvalue weighted by Crippen LogP contribution is -2.45. The van der Waals surface area contributed by atoms with Crippen molar-refractivity contribution in [3.05, 3.63) is 65.2 Å². The van der Waals surface area contributed by atoms with Crippen molar-refractivity contribution in [2.24, 2.45) is 0 Å². The van der Waals surface area contributed by atoms with E-state index >= 15 is 0 Å². The minimum Gasteiger partial charge on any atom is -0.450 e. The summed E-state index contributed by atoms with van der Waals surface area (Å²) in [5.41, 5.74) is 1.46. The third-order valence-corrected chi connectivity index (χ3v) is 5.15. The molecule has 2 aliphatic heterocycles. The number of benzene rings is 2. The molecular formula is C21H19NO5. The smallest absolute Gasteiger partial charge is 0.339 e. The van der Waals surface area contributed by atoms with Gasteiger partial charge in [-0.15, -0.1) is 0 Å². The van der Waals surface area contributed by atoms with E-state index in [0.29, 0.717) is 42.8 Å². The van der Waals surface area contributed by atoms with Crippen molar-refractivity contribution in [1.29, 1.82) is 0 Å². The topological polar surface area (TPSA) is 72.9 Å². The molecule has 1 amide bonds. The molecule has 1 saturated heterocycles. The summed E-state index contributed by atoms with van der Waals surface area (Å²) in [6.07, 6.45) is 1.15. The van der Waals surface area contributed by atoms with Crippen LogP contribution in [0.3, 0.4) is 0 Å². The second kappa shape index (κ2) is 6.54. The summed E-state index contributed by atoms with van der Waals surface area (Å²) in [5, 5.41) is 0. The summed E-state index contributed by atoms with van der Waals surface area (Å²) in [6.45, 7) is 2.34. The van der Waals surface area contributed by atoms with Gasteiger partial charge in [-0.25, -0.2) is 4.79 Å². The average Bonchev–Trinajstić information content (AvgIpc) is 2.94. The van der Waals surface area contributed by atoms with E-state index in [4.69, 9.17) is 9.47 Å². The number of nitrogens with zero attached hydrogens (tertiary/aromatic N) is 1. The average molecular weight is 365 g/mol. The Morgan fingerprint density at radius 3 is 2.37 bits per heavy atom. The van der Waals surface area contributed by atoms with Crippen LogP contribution in [0.25, 0.3) is 0 Å². The minimum absolute atomic E-state index is 0.0863. The van der Waals surface area contributed by atoms with Crippen LogP contribution < -0.4 is 4.74 Å². The summed E-state index contributed by atoms with van der Waals surface area (Å²) >= 11 is 0. The molecule has 2 heterocycles. The van der Waals surface area contributed by atoms with E-state index < -0.39 is 11.6 Å². The van der Waals surface area contributed by atoms with Gasteiger partial charge in [0.25, 0.3) is 5.91 Å². The Bertz CT molecular complexity index is 910. The standard InChI is InChI=1S/C21H19NO5/c1-14(23)26-16-8-6-15(7-9-16)19(24)22-12-10-21(11-13-22)18-5-3-2-4-17(18)20(25)27-21/h2-9H,10-13H2,1H3. The summed E-state index contributed by atoms with van der Waals surface area (Å²) in [6, 6.07) is 14.0. The number of amides is 1. The molecule has 2 aliphatic rings. The first-order valence-corrected chi connectivity index (χ1v) is 8.89. The number of likely N-dealkylation sites (tertiary alicyclic amines) is 1. The van der Waals surface area contributed by atoms with Gasteiger partial charge >= 0.3 is 11.9 Å². The van der Waals surface area contributed by atoms with Crippen LogP contribution in [0.1, 0.15) is 46.0 Å². The second-order valence-corrected chi connectivity index (χ2v) is 6.84. The number of esters is 2. The third-order valence-electron chi connectivity index (χ3n) is 5.15. The normalized spacial score (nSPS) is 17.4. The van der Waals surface area contributed by atoms with Crippen molar-refractivity contribution in [2.75, 3.05) is 13.1 Å². The van der Waals surface area contributed by atoms with Crippen molar-refractivity contribution in [3.63, 3.8) is 0 Å². The molecule has 0 saturated carbocycles. The molecular weight excluding hydrogens is 346 g/mol. The van der Waals surface area contributed by atoms with Gasteiger partial charge in [0.1, 0.15) is 11.4 Å². The van der Waals surface area contributed by atoms with Crippen LogP contribution in [0, 0.1) is 0 Å². The van der Waals surface area contributed by atoms with Crippen molar-refractivity contribution >= 4 is 17.8 Å². The van der Waals surface area contributed by atoms with Crippen molar-refractivity contribution < 1.29 is 23.9 Å². The highest BCUT2D eigenvalue weighted by atomic mass is 16.6. The monoisotopic (exact) mass is 365 g/mol. The number of carbonyl (C=O) groups excluding carboxylic acids is 3. The summed E-state index contributed by atoms with van der Waals surface area (Å²) in [5.74, 6) is -0.365. The van der Waals surface area contributed by atoms with Crippen LogP contribution in [0.15, 0.2) is 48.5 Å². The summed E-state index contributed by atoms with van der Waals surface area (Å²) < 4.78 is 10.7. The van der Waals surface area contributed by atoms with Gasteiger partial charge in [-0.2, -0.15) is 0 Å². The van der Waals surface area contributed by atoms with Gasteiger partial charge < -0.3 is 14.4 Å². The zero-order valence-electron chi connectivity index (χ0n) is 14.9. The molecule has 1 fully saturated rings. The molecule has 0 N–H and O–H groups in total. The molecule has 0 bridgehead atoms. The van der Waals surface area contributed by atoms with Gasteiger partial charge in [-0.3, -0.25) is 9.59 Å². The molecule has 0 radical (unpaired) electrons. The summed E-state index contributed by atoms with van der Waals surface area (Å²) in [7, 11) is 0. The Morgan fingerprint density at radius 1 is 1.04 bits per heavy atom. The zero-order valence-corrected chi connectivity index (χ0v) is 14.9. The van der Waals surface area contributed by atoms with Gasteiger partial charge in [0, 0.05) is 44.0 Å². The maximum Gasteiger partial charge on any atom is 0.339 e. The van der Waals surface area contributed by atoms with Crippen LogP contribution >= 0.6 is 0 Å². The fourth-order valence-corrected chi connectivity index (χ4v) is 3.80. The Morgan fingerprint density at radius 2 is 1.70 bits per heavy atom.